The van der Waals surface area contributed by atoms with Crippen LogP contribution in [0.4, 0.5) is 0 Å². The van der Waals surface area contributed by atoms with Crippen LogP contribution in [0, 0.1) is 30.1 Å². The van der Waals surface area contributed by atoms with E-state index >= 15 is 0 Å². The third-order valence-electron chi connectivity index (χ3n) is 2.57. The molecule has 0 aliphatic heterocycles. The van der Waals surface area contributed by atoms with Crippen molar-refractivity contribution in [2.45, 2.75) is 25.7 Å². The van der Waals surface area contributed by atoms with Gasteiger partial charge in [0, 0.05) is 5.92 Å². The highest BCUT2D eigenvalue weighted by Gasteiger charge is 2.11. The van der Waals surface area contributed by atoms with Gasteiger partial charge >= 0.3 is 0 Å². The molecule has 0 bridgehead atoms. The van der Waals surface area contributed by atoms with Gasteiger partial charge in [-0.2, -0.15) is 0 Å². The van der Waals surface area contributed by atoms with Gasteiger partial charge in [-0.25, -0.2) is 0 Å². The van der Waals surface area contributed by atoms with Crippen LogP contribution in [0.15, 0.2) is 11.4 Å². The standard InChI is InChI=1S/C13H12S/c1-2-12-9-10-14-13(12)8-7-11-5-3-4-6-11/h1,9-11H,3-6H2. The van der Waals surface area contributed by atoms with Crippen LogP contribution in [-0.4, -0.2) is 0 Å². The smallest absolute Gasteiger partial charge is 0.0924 e. The van der Waals surface area contributed by atoms with Crippen LogP contribution in [0.1, 0.15) is 36.1 Å². The van der Waals surface area contributed by atoms with Crippen LogP contribution >= 0.6 is 11.3 Å². The molecule has 1 aromatic heterocycles. The molecule has 1 aliphatic rings. The first-order chi connectivity index (χ1) is 6.90. The lowest BCUT2D eigenvalue weighted by Crippen LogP contribution is -1.86. The fraction of sp³-hybridized carbons (Fsp3) is 0.385. The molecule has 0 radical (unpaired) electrons. The number of thiophene rings is 1. The van der Waals surface area contributed by atoms with Crippen LogP contribution in [-0.2, 0) is 0 Å². The third kappa shape index (κ3) is 2.00. The van der Waals surface area contributed by atoms with Crippen LogP contribution in [0.2, 0.25) is 0 Å². The number of terminal acetylenes is 1. The van der Waals surface area contributed by atoms with Gasteiger partial charge in [0.25, 0.3) is 0 Å². The van der Waals surface area contributed by atoms with Crippen molar-refractivity contribution in [1.29, 1.82) is 0 Å². The summed E-state index contributed by atoms with van der Waals surface area (Å²) < 4.78 is 0. The minimum atomic E-state index is 0.614. The molecule has 0 aromatic carbocycles. The molecule has 1 heteroatoms. The number of hydrogen-bond acceptors (Lipinski definition) is 1. The molecular weight excluding hydrogens is 188 g/mol. The van der Waals surface area contributed by atoms with E-state index in [4.69, 9.17) is 6.42 Å². The molecule has 1 fully saturated rings. The molecular formula is C13H12S. The summed E-state index contributed by atoms with van der Waals surface area (Å²) >= 11 is 1.64. The molecule has 0 nitrogen and oxygen atoms in total. The Hall–Kier alpha value is -1.18. The Bertz CT molecular complexity index is 402. The monoisotopic (exact) mass is 200 g/mol. The molecule has 1 aliphatic carbocycles. The molecule has 0 saturated heterocycles. The van der Waals surface area contributed by atoms with E-state index in [1.807, 2.05) is 11.4 Å². The molecule has 1 heterocycles. The number of rotatable bonds is 0. The molecule has 2 rings (SSSR count). The largest absolute Gasteiger partial charge is 0.134 e. The maximum atomic E-state index is 5.37. The van der Waals surface area contributed by atoms with E-state index < -0.39 is 0 Å². The Morgan fingerprint density at radius 2 is 2.14 bits per heavy atom. The number of hydrogen-bond donors (Lipinski definition) is 0. The quantitative estimate of drug-likeness (QED) is 0.564. The molecule has 0 atom stereocenters. The fourth-order valence-electron chi connectivity index (χ4n) is 1.76. The predicted octanol–water partition coefficient (Wildman–Crippen LogP) is 3.27. The first-order valence-electron chi connectivity index (χ1n) is 4.96. The topological polar surface area (TPSA) is 0 Å². The molecule has 0 amide bonds. The first kappa shape index (κ1) is 9.38. The third-order valence-corrected chi connectivity index (χ3v) is 3.40. The summed E-state index contributed by atoms with van der Waals surface area (Å²) in [6.45, 7) is 0. The summed E-state index contributed by atoms with van der Waals surface area (Å²) in [6, 6.07) is 1.96. The van der Waals surface area contributed by atoms with Crippen LogP contribution in [0.3, 0.4) is 0 Å². The summed E-state index contributed by atoms with van der Waals surface area (Å²) in [5, 5.41) is 2.01. The van der Waals surface area contributed by atoms with Gasteiger partial charge in [0.05, 0.1) is 10.4 Å². The minimum Gasteiger partial charge on any atom is -0.134 e. The van der Waals surface area contributed by atoms with Crippen molar-refractivity contribution in [3.05, 3.63) is 21.9 Å². The van der Waals surface area contributed by atoms with Crippen molar-refractivity contribution in [1.82, 2.24) is 0 Å². The molecule has 0 N–H and O–H groups in total. The van der Waals surface area contributed by atoms with E-state index in [2.05, 4.69) is 17.8 Å². The molecule has 0 spiro atoms. The van der Waals surface area contributed by atoms with Gasteiger partial charge in [0.2, 0.25) is 0 Å². The lowest BCUT2D eigenvalue weighted by molar-refractivity contribution is 0.712. The molecule has 1 aromatic rings. The Kier molecular flexibility index (Phi) is 2.92. The van der Waals surface area contributed by atoms with E-state index in [0.29, 0.717) is 5.92 Å². The molecule has 14 heavy (non-hydrogen) atoms. The Morgan fingerprint density at radius 1 is 1.36 bits per heavy atom. The summed E-state index contributed by atoms with van der Waals surface area (Å²) in [5.41, 5.74) is 0.945. The average molecular weight is 200 g/mol. The van der Waals surface area contributed by atoms with Crippen molar-refractivity contribution in [3.8, 4) is 24.2 Å². The Morgan fingerprint density at radius 3 is 2.86 bits per heavy atom. The van der Waals surface area contributed by atoms with Crippen molar-refractivity contribution >= 4 is 11.3 Å². The van der Waals surface area contributed by atoms with Crippen molar-refractivity contribution in [2.75, 3.05) is 0 Å². The van der Waals surface area contributed by atoms with E-state index in [1.165, 1.54) is 25.7 Å². The highest BCUT2D eigenvalue weighted by Crippen LogP contribution is 2.24. The summed E-state index contributed by atoms with van der Waals surface area (Å²) in [6.07, 6.45) is 10.6. The summed E-state index contributed by atoms with van der Waals surface area (Å²) in [4.78, 5) is 1.06. The van der Waals surface area contributed by atoms with Gasteiger partial charge in [0.1, 0.15) is 0 Å². The van der Waals surface area contributed by atoms with Crippen molar-refractivity contribution in [3.63, 3.8) is 0 Å². The fourth-order valence-corrected chi connectivity index (χ4v) is 2.47. The SMILES string of the molecule is C#Cc1ccsc1C#CC1CCCC1. The second-order valence-electron chi connectivity index (χ2n) is 3.56. The molecule has 0 unspecified atom stereocenters. The maximum Gasteiger partial charge on any atom is 0.0924 e. The normalized spacial score (nSPS) is 15.9. The highest BCUT2D eigenvalue weighted by molar-refractivity contribution is 7.10. The highest BCUT2D eigenvalue weighted by atomic mass is 32.1. The van der Waals surface area contributed by atoms with E-state index in [9.17, 15) is 0 Å². The van der Waals surface area contributed by atoms with E-state index in [1.54, 1.807) is 11.3 Å². The van der Waals surface area contributed by atoms with Crippen LogP contribution in [0.5, 0.6) is 0 Å². The van der Waals surface area contributed by atoms with Gasteiger partial charge in [-0.1, -0.05) is 30.6 Å². The van der Waals surface area contributed by atoms with E-state index in [-0.39, 0.29) is 0 Å². The summed E-state index contributed by atoms with van der Waals surface area (Å²) in [5.74, 6) is 9.81. The van der Waals surface area contributed by atoms with Crippen molar-refractivity contribution < 1.29 is 0 Å². The first-order valence-corrected chi connectivity index (χ1v) is 5.84. The summed E-state index contributed by atoms with van der Waals surface area (Å²) in [7, 11) is 0. The van der Waals surface area contributed by atoms with Gasteiger partial charge in [0.15, 0.2) is 0 Å². The predicted molar refractivity (Wildman–Crippen MR) is 61.1 cm³/mol. The zero-order valence-corrected chi connectivity index (χ0v) is 8.86. The Labute approximate surface area is 89.3 Å². The Balaban J connectivity index is 2.13. The maximum absolute atomic E-state index is 5.37. The van der Waals surface area contributed by atoms with Gasteiger partial charge in [-0.05, 0) is 24.3 Å². The second kappa shape index (κ2) is 4.36. The van der Waals surface area contributed by atoms with Crippen molar-refractivity contribution in [2.24, 2.45) is 5.92 Å². The second-order valence-corrected chi connectivity index (χ2v) is 4.47. The average Bonchev–Trinajstić information content (AvgIpc) is 2.85. The van der Waals surface area contributed by atoms with E-state index in [0.717, 1.165) is 10.4 Å². The molecule has 70 valence electrons. The van der Waals surface area contributed by atoms with Crippen LogP contribution in [0.25, 0.3) is 0 Å². The van der Waals surface area contributed by atoms with Gasteiger partial charge < -0.3 is 0 Å². The molecule has 1 saturated carbocycles. The lowest BCUT2D eigenvalue weighted by Gasteiger charge is -1.94. The lowest BCUT2D eigenvalue weighted by atomic mass is 10.1. The minimum absolute atomic E-state index is 0.614. The zero-order chi connectivity index (χ0) is 9.80. The zero-order valence-electron chi connectivity index (χ0n) is 8.05. The van der Waals surface area contributed by atoms with Gasteiger partial charge in [-0.3, -0.25) is 0 Å². The van der Waals surface area contributed by atoms with Gasteiger partial charge in [-0.15, -0.1) is 17.8 Å². The van der Waals surface area contributed by atoms with Crippen LogP contribution < -0.4 is 0 Å².